The SMILES string of the molecule is C=CC1=C(C(=C)F)COCC1.CNC. The maximum Gasteiger partial charge on any atom is 0.121 e. The van der Waals surface area contributed by atoms with Gasteiger partial charge in [0.25, 0.3) is 0 Å². The molecule has 0 aromatic carbocycles. The van der Waals surface area contributed by atoms with E-state index in [2.05, 4.69) is 18.5 Å². The first kappa shape index (κ1) is 13.1. The molecule has 80 valence electrons. The van der Waals surface area contributed by atoms with E-state index in [9.17, 15) is 4.39 Å². The summed E-state index contributed by atoms with van der Waals surface area (Å²) in [4.78, 5) is 0. The van der Waals surface area contributed by atoms with Crippen molar-refractivity contribution in [2.75, 3.05) is 27.3 Å². The van der Waals surface area contributed by atoms with Crippen molar-refractivity contribution in [2.24, 2.45) is 0 Å². The molecule has 1 heterocycles. The third-order valence-corrected chi connectivity index (χ3v) is 1.72. The fraction of sp³-hybridized carbons (Fsp3) is 0.455. The number of allylic oxidation sites excluding steroid dienone is 1. The normalized spacial score (nSPS) is 15.6. The van der Waals surface area contributed by atoms with E-state index in [1.165, 1.54) is 0 Å². The maximum atomic E-state index is 12.6. The second-order valence-corrected chi connectivity index (χ2v) is 2.92. The molecule has 0 aromatic heterocycles. The summed E-state index contributed by atoms with van der Waals surface area (Å²) >= 11 is 0. The second-order valence-electron chi connectivity index (χ2n) is 2.92. The van der Waals surface area contributed by atoms with Crippen LogP contribution in [0, 0.1) is 0 Å². The summed E-state index contributed by atoms with van der Waals surface area (Å²) in [7, 11) is 3.75. The van der Waals surface area contributed by atoms with E-state index in [-0.39, 0.29) is 0 Å². The first-order valence-electron chi connectivity index (χ1n) is 4.52. The minimum absolute atomic E-state index is 0.330. The zero-order chi connectivity index (χ0) is 11.0. The van der Waals surface area contributed by atoms with Gasteiger partial charge in [-0.15, -0.1) is 0 Å². The molecule has 1 N–H and O–H groups in total. The fourth-order valence-corrected chi connectivity index (χ4v) is 1.08. The van der Waals surface area contributed by atoms with E-state index < -0.39 is 5.83 Å². The van der Waals surface area contributed by atoms with Gasteiger partial charge in [0, 0.05) is 5.57 Å². The molecule has 0 aromatic rings. The highest BCUT2D eigenvalue weighted by molar-refractivity contribution is 5.36. The molecule has 0 radical (unpaired) electrons. The molecule has 0 spiro atoms. The Morgan fingerprint density at radius 2 is 2.14 bits per heavy atom. The maximum absolute atomic E-state index is 12.6. The molecule has 2 nitrogen and oxygen atoms in total. The molecule has 0 unspecified atom stereocenters. The third-order valence-electron chi connectivity index (χ3n) is 1.72. The van der Waals surface area contributed by atoms with Crippen molar-refractivity contribution in [3.8, 4) is 0 Å². The average molecular weight is 199 g/mol. The van der Waals surface area contributed by atoms with Crippen LogP contribution in [0.1, 0.15) is 6.42 Å². The van der Waals surface area contributed by atoms with Gasteiger partial charge in [-0.2, -0.15) is 0 Å². The van der Waals surface area contributed by atoms with Gasteiger partial charge in [-0.1, -0.05) is 19.2 Å². The van der Waals surface area contributed by atoms with Crippen LogP contribution in [0.2, 0.25) is 0 Å². The van der Waals surface area contributed by atoms with E-state index in [0.29, 0.717) is 18.8 Å². The van der Waals surface area contributed by atoms with Gasteiger partial charge in [0.2, 0.25) is 0 Å². The van der Waals surface area contributed by atoms with Crippen molar-refractivity contribution in [1.82, 2.24) is 5.32 Å². The summed E-state index contributed by atoms with van der Waals surface area (Å²) in [6.07, 6.45) is 2.41. The number of rotatable bonds is 2. The molecule has 1 aliphatic heterocycles. The summed E-state index contributed by atoms with van der Waals surface area (Å²) in [5, 5.41) is 2.75. The fourth-order valence-electron chi connectivity index (χ4n) is 1.08. The molecule has 0 saturated carbocycles. The van der Waals surface area contributed by atoms with Crippen molar-refractivity contribution in [3.05, 3.63) is 36.2 Å². The summed E-state index contributed by atoms with van der Waals surface area (Å²) in [5.74, 6) is -0.403. The van der Waals surface area contributed by atoms with E-state index in [1.807, 2.05) is 14.1 Å². The summed E-state index contributed by atoms with van der Waals surface area (Å²) in [6.45, 7) is 7.80. The third kappa shape index (κ3) is 4.35. The van der Waals surface area contributed by atoms with Crippen LogP contribution in [0.15, 0.2) is 36.2 Å². The van der Waals surface area contributed by atoms with Crippen LogP contribution in [0.25, 0.3) is 0 Å². The van der Waals surface area contributed by atoms with Crippen LogP contribution < -0.4 is 5.32 Å². The summed E-state index contributed by atoms with van der Waals surface area (Å²) < 4.78 is 17.7. The van der Waals surface area contributed by atoms with Gasteiger partial charge in [0.1, 0.15) is 5.83 Å². The Morgan fingerprint density at radius 1 is 1.57 bits per heavy atom. The van der Waals surface area contributed by atoms with Crippen LogP contribution in [-0.4, -0.2) is 27.3 Å². The topological polar surface area (TPSA) is 21.3 Å². The lowest BCUT2D eigenvalue weighted by molar-refractivity contribution is 0.147. The standard InChI is InChI=1S/C9H11FO.C2H7N/c1-3-8-4-5-11-6-9(8)7(2)10;1-3-2/h3H,1-2,4-6H2;3H,1-2H3. The molecule has 1 aliphatic rings. The Balaban J connectivity index is 0.000000500. The quantitative estimate of drug-likeness (QED) is 0.736. The highest BCUT2D eigenvalue weighted by Gasteiger charge is 2.12. The Morgan fingerprint density at radius 3 is 2.50 bits per heavy atom. The molecular weight excluding hydrogens is 181 g/mol. The van der Waals surface area contributed by atoms with E-state index in [1.54, 1.807) is 6.08 Å². The summed E-state index contributed by atoms with van der Waals surface area (Å²) in [5.41, 5.74) is 1.48. The first-order chi connectivity index (χ1) is 6.67. The van der Waals surface area contributed by atoms with Gasteiger partial charge in [-0.05, 0) is 26.1 Å². The molecule has 0 atom stereocenters. The van der Waals surface area contributed by atoms with Crippen LogP contribution >= 0.6 is 0 Å². The van der Waals surface area contributed by atoms with Crippen LogP contribution in [0.5, 0.6) is 0 Å². The Hall–Kier alpha value is -0.930. The van der Waals surface area contributed by atoms with Gasteiger partial charge in [0.15, 0.2) is 0 Å². The predicted molar refractivity (Wildman–Crippen MR) is 57.9 cm³/mol. The van der Waals surface area contributed by atoms with Gasteiger partial charge >= 0.3 is 0 Å². The number of hydrogen-bond acceptors (Lipinski definition) is 2. The largest absolute Gasteiger partial charge is 0.376 e. The van der Waals surface area contributed by atoms with Crippen molar-refractivity contribution in [2.45, 2.75) is 6.42 Å². The molecule has 0 saturated heterocycles. The Labute approximate surface area is 85.1 Å². The molecule has 1 rings (SSSR count). The molecule has 0 amide bonds. The number of nitrogens with one attached hydrogen (secondary N) is 1. The molecule has 0 aliphatic carbocycles. The zero-order valence-electron chi connectivity index (χ0n) is 8.90. The van der Waals surface area contributed by atoms with Gasteiger partial charge < -0.3 is 10.1 Å². The smallest absolute Gasteiger partial charge is 0.121 e. The average Bonchev–Trinajstić information content (AvgIpc) is 2.19. The van der Waals surface area contributed by atoms with Gasteiger partial charge in [-0.3, -0.25) is 0 Å². The summed E-state index contributed by atoms with van der Waals surface area (Å²) in [6, 6.07) is 0. The van der Waals surface area contributed by atoms with Crippen LogP contribution in [-0.2, 0) is 4.74 Å². The Kier molecular flexibility index (Phi) is 6.98. The van der Waals surface area contributed by atoms with Gasteiger partial charge in [0.05, 0.1) is 13.2 Å². The number of halogens is 1. The molecule has 14 heavy (non-hydrogen) atoms. The zero-order valence-corrected chi connectivity index (χ0v) is 8.90. The number of ether oxygens (including phenoxy) is 1. The lowest BCUT2D eigenvalue weighted by atomic mass is 10.0. The lowest BCUT2D eigenvalue weighted by Crippen LogP contribution is -2.10. The van der Waals surface area contributed by atoms with Crippen LogP contribution in [0.4, 0.5) is 4.39 Å². The Bertz CT molecular complexity index is 233. The van der Waals surface area contributed by atoms with Crippen LogP contribution in [0.3, 0.4) is 0 Å². The van der Waals surface area contributed by atoms with E-state index in [0.717, 1.165) is 12.0 Å². The second kappa shape index (κ2) is 7.47. The van der Waals surface area contributed by atoms with Gasteiger partial charge in [-0.25, -0.2) is 4.39 Å². The van der Waals surface area contributed by atoms with E-state index in [4.69, 9.17) is 4.74 Å². The lowest BCUT2D eigenvalue weighted by Gasteiger charge is -2.16. The minimum Gasteiger partial charge on any atom is -0.376 e. The van der Waals surface area contributed by atoms with Crippen molar-refractivity contribution < 1.29 is 9.13 Å². The predicted octanol–water partition coefficient (Wildman–Crippen LogP) is 2.21. The van der Waals surface area contributed by atoms with Crippen molar-refractivity contribution >= 4 is 0 Å². The molecule has 0 bridgehead atoms. The molecule has 0 fully saturated rings. The monoisotopic (exact) mass is 199 g/mol. The minimum atomic E-state index is -0.403. The molecular formula is C11H18FNO. The van der Waals surface area contributed by atoms with Crippen molar-refractivity contribution in [1.29, 1.82) is 0 Å². The highest BCUT2D eigenvalue weighted by Crippen LogP contribution is 2.22. The van der Waals surface area contributed by atoms with Crippen molar-refractivity contribution in [3.63, 3.8) is 0 Å². The molecule has 3 heteroatoms. The highest BCUT2D eigenvalue weighted by atomic mass is 19.1. The number of hydrogen-bond donors (Lipinski definition) is 1. The van der Waals surface area contributed by atoms with E-state index >= 15 is 0 Å². The first-order valence-corrected chi connectivity index (χ1v) is 4.52.